The zero-order valence-electron chi connectivity index (χ0n) is 14.5. The summed E-state index contributed by atoms with van der Waals surface area (Å²) in [6.45, 7) is 2.50. The highest BCUT2D eigenvalue weighted by Gasteiger charge is 2.15. The van der Waals surface area contributed by atoms with Crippen molar-refractivity contribution in [3.63, 3.8) is 0 Å². The topological polar surface area (TPSA) is 96.4 Å². The van der Waals surface area contributed by atoms with Crippen LogP contribution in [-0.4, -0.2) is 47.0 Å². The van der Waals surface area contributed by atoms with E-state index in [4.69, 9.17) is 4.74 Å². The van der Waals surface area contributed by atoms with E-state index in [1.165, 1.54) is 11.8 Å². The number of benzene rings is 2. The molecular formula is C17H16N8OS. The van der Waals surface area contributed by atoms with Crippen LogP contribution in [-0.2, 0) is 5.75 Å². The lowest BCUT2D eigenvalue weighted by Gasteiger charge is -2.10. The quantitative estimate of drug-likeness (QED) is 0.451. The molecule has 0 atom stereocenters. The number of para-hydroxylation sites is 3. The Morgan fingerprint density at radius 2 is 1.63 bits per heavy atom. The molecule has 0 saturated heterocycles. The molecule has 0 N–H and O–H groups in total. The Labute approximate surface area is 159 Å². The van der Waals surface area contributed by atoms with Gasteiger partial charge in [0.1, 0.15) is 11.4 Å². The molecule has 4 rings (SSSR count). The van der Waals surface area contributed by atoms with Gasteiger partial charge in [0.15, 0.2) is 5.82 Å². The first-order valence-electron chi connectivity index (χ1n) is 8.33. The van der Waals surface area contributed by atoms with E-state index in [0.29, 0.717) is 23.3 Å². The number of rotatable bonds is 7. The van der Waals surface area contributed by atoms with Crippen LogP contribution in [0.4, 0.5) is 0 Å². The van der Waals surface area contributed by atoms with Gasteiger partial charge in [0.05, 0.1) is 18.0 Å². The Kier molecular flexibility index (Phi) is 5.06. The third-order valence-electron chi connectivity index (χ3n) is 3.70. The van der Waals surface area contributed by atoms with Crippen LogP contribution >= 0.6 is 11.8 Å². The van der Waals surface area contributed by atoms with Gasteiger partial charge in [-0.25, -0.2) is 0 Å². The predicted molar refractivity (Wildman–Crippen MR) is 99.0 cm³/mol. The minimum absolute atomic E-state index is 0.513. The molecule has 27 heavy (non-hydrogen) atoms. The number of thioether (sulfide) groups is 1. The van der Waals surface area contributed by atoms with E-state index in [1.807, 2.05) is 61.5 Å². The van der Waals surface area contributed by atoms with Gasteiger partial charge in [0.25, 0.3) is 0 Å². The zero-order valence-corrected chi connectivity index (χ0v) is 15.3. The largest absolute Gasteiger partial charge is 0.492 e. The molecule has 0 bridgehead atoms. The summed E-state index contributed by atoms with van der Waals surface area (Å²) in [7, 11) is 0. The second kappa shape index (κ2) is 7.96. The summed E-state index contributed by atoms with van der Waals surface area (Å²) in [6.07, 6.45) is 0. The van der Waals surface area contributed by atoms with E-state index >= 15 is 0 Å². The standard InChI is InChI=1S/C17H16N8OS/c1-2-26-15-11-7-6-10-14(15)25-17(19-21-23-25)27-12-16-18-20-22-24(16)13-8-4-3-5-9-13/h3-11H,2,12H2,1H3. The first-order valence-corrected chi connectivity index (χ1v) is 9.31. The molecule has 0 unspecified atom stereocenters. The summed E-state index contributed by atoms with van der Waals surface area (Å²) in [6, 6.07) is 17.4. The Balaban J connectivity index is 1.57. The van der Waals surface area contributed by atoms with Crippen LogP contribution in [0.15, 0.2) is 59.8 Å². The van der Waals surface area contributed by atoms with Crippen molar-refractivity contribution in [2.75, 3.05) is 6.61 Å². The highest BCUT2D eigenvalue weighted by Crippen LogP contribution is 2.27. The normalized spacial score (nSPS) is 10.9. The lowest BCUT2D eigenvalue weighted by atomic mass is 10.3. The fourth-order valence-electron chi connectivity index (χ4n) is 2.52. The lowest BCUT2D eigenvalue weighted by Crippen LogP contribution is -2.05. The van der Waals surface area contributed by atoms with Crippen molar-refractivity contribution in [3.8, 4) is 17.1 Å². The fourth-order valence-corrected chi connectivity index (χ4v) is 3.31. The van der Waals surface area contributed by atoms with Gasteiger partial charge < -0.3 is 4.74 Å². The van der Waals surface area contributed by atoms with Crippen LogP contribution in [0.5, 0.6) is 5.75 Å². The van der Waals surface area contributed by atoms with Crippen LogP contribution in [0.2, 0.25) is 0 Å². The average molecular weight is 380 g/mol. The van der Waals surface area contributed by atoms with Crippen molar-refractivity contribution in [2.45, 2.75) is 17.8 Å². The molecule has 0 aliphatic heterocycles. The van der Waals surface area contributed by atoms with E-state index in [2.05, 4.69) is 31.1 Å². The maximum absolute atomic E-state index is 5.68. The van der Waals surface area contributed by atoms with E-state index in [1.54, 1.807) is 9.36 Å². The van der Waals surface area contributed by atoms with E-state index in [9.17, 15) is 0 Å². The molecule has 0 amide bonds. The molecule has 0 fully saturated rings. The van der Waals surface area contributed by atoms with Crippen LogP contribution in [0, 0.1) is 0 Å². The van der Waals surface area contributed by atoms with Gasteiger partial charge in [-0.1, -0.05) is 42.1 Å². The number of tetrazole rings is 2. The Morgan fingerprint density at radius 3 is 2.48 bits per heavy atom. The molecule has 9 nitrogen and oxygen atoms in total. The first-order chi connectivity index (χ1) is 13.4. The van der Waals surface area contributed by atoms with E-state index < -0.39 is 0 Å². The van der Waals surface area contributed by atoms with Crippen LogP contribution in [0.3, 0.4) is 0 Å². The number of ether oxygens (including phenoxy) is 1. The number of aromatic nitrogens is 8. The summed E-state index contributed by atoms with van der Waals surface area (Å²) in [4.78, 5) is 0. The van der Waals surface area contributed by atoms with Gasteiger partial charge >= 0.3 is 0 Å². The second-order valence-corrected chi connectivity index (χ2v) is 6.35. The Bertz CT molecular complexity index is 1020. The van der Waals surface area contributed by atoms with E-state index in [0.717, 1.165) is 17.1 Å². The average Bonchev–Trinajstić information content (AvgIpc) is 3.37. The zero-order chi connectivity index (χ0) is 18.5. The molecule has 4 aromatic rings. The maximum atomic E-state index is 5.68. The summed E-state index contributed by atoms with van der Waals surface area (Å²) in [5.74, 6) is 1.95. The Hall–Kier alpha value is -3.27. The van der Waals surface area contributed by atoms with Gasteiger partial charge in [0, 0.05) is 0 Å². The van der Waals surface area contributed by atoms with Gasteiger partial charge in [-0.2, -0.15) is 9.36 Å². The van der Waals surface area contributed by atoms with Crippen molar-refractivity contribution in [3.05, 3.63) is 60.4 Å². The highest BCUT2D eigenvalue weighted by atomic mass is 32.2. The van der Waals surface area contributed by atoms with Crippen LogP contribution in [0.25, 0.3) is 11.4 Å². The van der Waals surface area contributed by atoms with E-state index in [-0.39, 0.29) is 0 Å². The molecular weight excluding hydrogens is 364 g/mol. The van der Waals surface area contributed by atoms with Crippen molar-refractivity contribution < 1.29 is 4.74 Å². The van der Waals surface area contributed by atoms with Crippen LogP contribution in [0.1, 0.15) is 12.7 Å². The monoisotopic (exact) mass is 380 g/mol. The Morgan fingerprint density at radius 1 is 0.889 bits per heavy atom. The molecule has 2 aromatic carbocycles. The summed E-state index contributed by atoms with van der Waals surface area (Å²) in [5, 5.41) is 24.6. The molecule has 0 aliphatic carbocycles. The second-order valence-electron chi connectivity index (χ2n) is 5.41. The highest BCUT2D eigenvalue weighted by molar-refractivity contribution is 7.98. The van der Waals surface area contributed by atoms with Gasteiger partial charge in [-0.05, 0) is 52.0 Å². The first kappa shape index (κ1) is 17.2. The summed E-state index contributed by atoms with van der Waals surface area (Å²) < 4.78 is 9.04. The number of hydrogen-bond acceptors (Lipinski definition) is 8. The third-order valence-corrected chi connectivity index (χ3v) is 4.61. The van der Waals surface area contributed by atoms with Crippen molar-refractivity contribution >= 4 is 11.8 Å². The molecule has 0 saturated carbocycles. The fraction of sp³-hybridized carbons (Fsp3) is 0.176. The number of hydrogen-bond donors (Lipinski definition) is 0. The molecule has 0 spiro atoms. The van der Waals surface area contributed by atoms with Crippen molar-refractivity contribution in [1.82, 2.24) is 40.4 Å². The van der Waals surface area contributed by atoms with Crippen molar-refractivity contribution in [1.29, 1.82) is 0 Å². The molecule has 10 heteroatoms. The molecule has 0 aliphatic rings. The third kappa shape index (κ3) is 3.65. The minimum atomic E-state index is 0.513. The molecule has 136 valence electrons. The van der Waals surface area contributed by atoms with Gasteiger partial charge in [-0.15, -0.1) is 10.2 Å². The lowest BCUT2D eigenvalue weighted by molar-refractivity contribution is 0.337. The van der Waals surface area contributed by atoms with Gasteiger partial charge in [0.2, 0.25) is 5.16 Å². The minimum Gasteiger partial charge on any atom is -0.492 e. The SMILES string of the molecule is CCOc1ccccc1-n1nnnc1SCc1nnnn1-c1ccccc1. The van der Waals surface area contributed by atoms with Crippen molar-refractivity contribution in [2.24, 2.45) is 0 Å². The predicted octanol–water partition coefficient (Wildman–Crippen LogP) is 2.33. The van der Waals surface area contributed by atoms with Gasteiger partial charge in [-0.3, -0.25) is 0 Å². The number of nitrogens with zero attached hydrogens (tertiary/aromatic N) is 8. The van der Waals surface area contributed by atoms with Crippen LogP contribution < -0.4 is 4.74 Å². The summed E-state index contributed by atoms with van der Waals surface area (Å²) in [5.41, 5.74) is 1.69. The maximum Gasteiger partial charge on any atom is 0.214 e. The molecule has 2 heterocycles. The molecule has 0 radical (unpaired) electrons. The molecule has 2 aromatic heterocycles. The summed E-state index contributed by atoms with van der Waals surface area (Å²) >= 11 is 1.45. The smallest absolute Gasteiger partial charge is 0.214 e.